The van der Waals surface area contributed by atoms with Gasteiger partial charge in [-0.25, -0.2) is 4.79 Å². The molecule has 2 aliphatic carbocycles. The Morgan fingerprint density at radius 2 is 2.00 bits per heavy atom. The predicted octanol–water partition coefficient (Wildman–Crippen LogP) is 4.57. The molecule has 0 unspecified atom stereocenters. The molecule has 0 spiro atoms. The fraction of sp³-hybridized carbons (Fsp3) is 0.750. The lowest BCUT2D eigenvalue weighted by Crippen LogP contribution is -2.53. The first-order valence-corrected chi connectivity index (χ1v) is 8.82. The maximum Gasteiger partial charge on any atom is 0.328 e. The molecule has 0 radical (unpaired) electrons. The van der Waals surface area contributed by atoms with Crippen LogP contribution in [0.2, 0.25) is 0 Å². The average Bonchev–Trinajstić information content (AvgIpc) is 2.34. The van der Waals surface area contributed by atoms with Gasteiger partial charge >= 0.3 is 5.97 Å². The first kappa shape index (κ1) is 18.3. The van der Waals surface area contributed by atoms with Crippen LogP contribution < -0.4 is 0 Å². The number of aliphatic carboxylic acids is 1. The summed E-state index contributed by atoms with van der Waals surface area (Å²) in [6.07, 6.45) is 6.73. The van der Waals surface area contributed by atoms with Crippen LogP contribution in [0.4, 0.5) is 0 Å². The highest BCUT2D eigenvalue weighted by atomic mass is 16.4. The van der Waals surface area contributed by atoms with Crippen molar-refractivity contribution in [2.24, 2.45) is 22.7 Å². The van der Waals surface area contributed by atoms with E-state index in [4.69, 9.17) is 5.11 Å². The zero-order valence-corrected chi connectivity index (χ0v) is 15.1. The van der Waals surface area contributed by atoms with Crippen LogP contribution in [-0.4, -0.2) is 22.3 Å². The van der Waals surface area contributed by atoms with Crippen molar-refractivity contribution in [1.29, 1.82) is 0 Å². The van der Waals surface area contributed by atoms with Gasteiger partial charge in [-0.15, -0.1) is 0 Å². The number of carboxylic acids is 1. The molecule has 2 rings (SSSR count). The highest BCUT2D eigenvalue weighted by molar-refractivity contribution is 5.80. The number of rotatable bonds is 4. The van der Waals surface area contributed by atoms with E-state index in [9.17, 15) is 9.90 Å². The highest BCUT2D eigenvalue weighted by Gasteiger charge is 2.54. The van der Waals surface area contributed by atoms with Crippen LogP contribution >= 0.6 is 0 Å². The van der Waals surface area contributed by atoms with E-state index in [0.29, 0.717) is 11.8 Å². The van der Waals surface area contributed by atoms with Gasteiger partial charge in [-0.3, -0.25) is 0 Å². The second kappa shape index (κ2) is 6.43. The molecule has 0 heterocycles. The van der Waals surface area contributed by atoms with Crippen molar-refractivity contribution in [2.75, 3.05) is 0 Å². The molecule has 23 heavy (non-hydrogen) atoms. The van der Waals surface area contributed by atoms with Crippen LogP contribution in [0.1, 0.15) is 66.2 Å². The normalized spacial score (nSPS) is 37.3. The van der Waals surface area contributed by atoms with Gasteiger partial charge in [0.1, 0.15) is 0 Å². The van der Waals surface area contributed by atoms with Gasteiger partial charge in [0.25, 0.3) is 0 Å². The summed E-state index contributed by atoms with van der Waals surface area (Å²) in [5.41, 5.74) is 2.42. The summed E-state index contributed by atoms with van der Waals surface area (Å²) in [6.45, 7) is 13.1. The van der Waals surface area contributed by atoms with Crippen molar-refractivity contribution >= 4 is 5.97 Å². The van der Waals surface area contributed by atoms with Crippen LogP contribution in [0.15, 0.2) is 23.8 Å². The maximum atomic E-state index is 10.8. The second-order valence-electron chi connectivity index (χ2n) is 8.73. The third-order valence-corrected chi connectivity index (χ3v) is 6.42. The van der Waals surface area contributed by atoms with Crippen LogP contribution in [0.5, 0.6) is 0 Å². The Bertz CT molecular complexity index is 517. The Kier molecular flexibility index (Phi) is 5.10. The smallest absolute Gasteiger partial charge is 0.328 e. The molecule has 0 saturated heterocycles. The molecule has 0 aromatic carbocycles. The average molecular weight is 320 g/mol. The van der Waals surface area contributed by atoms with Gasteiger partial charge in [0.15, 0.2) is 0 Å². The number of carboxylic acid groups (broad SMARTS) is 1. The third kappa shape index (κ3) is 3.71. The van der Waals surface area contributed by atoms with E-state index < -0.39 is 5.97 Å². The van der Waals surface area contributed by atoms with Gasteiger partial charge in [-0.05, 0) is 68.1 Å². The predicted molar refractivity (Wildman–Crippen MR) is 93.1 cm³/mol. The minimum atomic E-state index is -0.872. The number of fused-ring (bicyclic) bond motifs is 1. The SMILES string of the molecule is C=C1CC[C@@H]2C(C)(C)C[C@@H](O)C[C@@]2(C)[C@H]1CC/C(C)=C/C(=O)O. The van der Waals surface area contributed by atoms with Crippen molar-refractivity contribution in [3.05, 3.63) is 23.8 Å². The van der Waals surface area contributed by atoms with Gasteiger partial charge in [-0.2, -0.15) is 0 Å². The van der Waals surface area contributed by atoms with E-state index in [1.54, 1.807) is 0 Å². The van der Waals surface area contributed by atoms with E-state index >= 15 is 0 Å². The number of aliphatic hydroxyl groups is 1. The van der Waals surface area contributed by atoms with Crippen LogP contribution in [0.3, 0.4) is 0 Å². The summed E-state index contributed by atoms with van der Waals surface area (Å²) >= 11 is 0. The van der Waals surface area contributed by atoms with Crippen molar-refractivity contribution in [3.63, 3.8) is 0 Å². The number of hydrogen-bond acceptors (Lipinski definition) is 2. The molecule has 130 valence electrons. The Balaban J connectivity index is 2.22. The first-order chi connectivity index (χ1) is 10.6. The number of allylic oxidation sites excluding steroid dienone is 2. The fourth-order valence-corrected chi connectivity index (χ4v) is 5.63. The molecular formula is C20H32O3. The van der Waals surface area contributed by atoms with Crippen LogP contribution in [0, 0.1) is 22.7 Å². The lowest BCUT2D eigenvalue weighted by molar-refractivity contribution is -0.131. The number of aliphatic hydroxyl groups excluding tert-OH is 1. The van der Waals surface area contributed by atoms with Gasteiger partial charge in [-0.1, -0.05) is 38.5 Å². The molecular weight excluding hydrogens is 288 g/mol. The standard InChI is InChI=1S/C20H32O3/c1-13(10-18(22)23)6-8-16-14(2)7-9-17-19(3,4)11-15(21)12-20(16,17)5/h10,15-17,21H,2,6-9,11-12H2,1,3-5H3,(H,22,23)/b13-10+/t15-,16+,17-,20+/m1/s1. The minimum Gasteiger partial charge on any atom is -0.478 e. The van der Waals surface area contributed by atoms with E-state index in [0.717, 1.165) is 44.1 Å². The van der Waals surface area contributed by atoms with Crippen molar-refractivity contribution in [3.8, 4) is 0 Å². The fourth-order valence-electron chi connectivity index (χ4n) is 5.63. The Morgan fingerprint density at radius 3 is 2.61 bits per heavy atom. The van der Waals surface area contributed by atoms with Crippen molar-refractivity contribution < 1.29 is 15.0 Å². The zero-order chi connectivity index (χ0) is 17.4. The Morgan fingerprint density at radius 1 is 1.35 bits per heavy atom. The first-order valence-electron chi connectivity index (χ1n) is 8.82. The van der Waals surface area contributed by atoms with E-state index in [1.165, 1.54) is 11.6 Å². The quantitative estimate of drug-likeness (QED) is 0.589. The van der Waals surface area contributed by atoms with Crippen LogP contribution in [0.25, 0.3) is 0 Å². The lowest BCUT2D eigenvalue weighted by Gasteiger charge is -2.59. The molecule has 0 aromatic rings. The monoisotopic (exact) mass is 320 g/mol. The summed E-state index contributed by atoms with van der Waals surface area (Å²) in [4.78, 5) is 10.8. The summed E-state index contributed by atoms with van der Waals surface area (Å²) in [7, 11) is 0. The van der Waals surface area contributed by atoms with E-state index in [2.05, 4.69) is 27.4 Å². The van der Waals surface area contributed by atoms with E-state index in [-0.39, 0.29) is 16.9 Å². The Hall–Kier alpha value is -1.09. The molecule has 2 saturated carbocycles. The lowest BCUT2D eigenvalue weighted by atomic mass is 9.46. The summed E-state index contributed by atoms with van der Waals surface area (Å²) in [6, 6.07) is 0. The van der Waals surface area contributed by atoms with Crippen molar-refractivity contribution in [1.82, 2.24) is 0 Å². The summed E-state index contributed by atoms with van der Waals surface area (Å²) in [5.74, 6) is 0.0913. The molecule has 3 nitrogen and oxygen atoms in total. The molecule has 0 bridgehead atoms. The van der Waals surface area contributed by atoms with Crippen molar-refractivity contribution in [2.45, 2.75) is 72.3 Å². The topological polar surface area (TPSA) is 57.5 Å². The second-order valence-corrected chi connectivity index (χ2v) is 8.73. The summed E-state index contributed by atoms with van der Waals surface area (Å²) in [5, 5.41) is 19.3. The van der Waals surface area contributed by atoms with Gasteiger partial charge in [0.05, 0.1) is 6.10 Å². The molecule has 0 amide bonds. The molecule has 2 N–H and O–H groups in total. The molecule has 0 aliphatic heterocycles. The molecule has 4 atom stereocenters. The zero-order valence-electron chi connectivity index (χ0n) is 15.1. The molecule has 2 fully saturated rings. The largest absolute Gasteiger partial charge is 0.478 e. The van der Waals surface area contributed by atoms with Gasteiger partial charge < -0.3 is 10.2 Å². The molecule has 0 aromatic heterocycles. The minimum absolute atomic E-state index is 0.0694. The molecule has 2 aliphatic rings. The molecule has 3 heteroatoms. The maximum absolute atomic E-state index is 10.8. The van der Waals surface area contributed by atoms with Crippen LogP contribution in [-0.2, 0) is 4.79 Å². The summed E-state index contributed by atoms with van der Waals surface area (Å²) < 4.78 is 0. The van der Waals surface area contributed by atoms with Gasteiger partial charge in [0.2, 0.25) is 0 Å². The highest BCUT2D eigenvalue weighted by Crippen LogP contribution is 2.61. The number of carbonyl (C=O) groups is 1. The third-order valence-electron chi connectivity index (χ3n) is 6.42. The van der Waals surface area contributed by atoms with E-state index in [1.807, 2.05) is 6.92 Å². The number of hydrogen-bond donors (Lipinski definition) is 2. The Labute approximate surface area is 140 Å². The van der Waals surface area contributed by atoms with Gasteiger partial charge in [0, 0.05) is 6.08 Å².